The molecule has 0 radical (unpaired) electrons. The summed E-state index contributed by atoms with van der Waals surface area (Å²) < 4.78 is 7.32. The zero-order valence-corrected chi connectivity index (χ0v) is 22.4. The Morgan fingerprint density at radius 2 is 1.68 bits per heavy atom. The predicted molar refractivity (Wildman–Crippen MR) is 148 cm³/mol. The topological polar surface area (TPSA) is 92.2 Å². The van der Waals surface area contributed by atoms with E-state index in [1.807, 2.05) is 16.8 Å². The van der Waals surface area contributed by atoms with Gasteiger partial charge < -0.3 is 14.6 Å². The van der Waals surface area contributed by atoms with Crippen LogP contribution < -0.4 is 15.2 Å². The summed E-state index contributed by atoms with van der Waals surface area (Å²) in [7, 11) is 1.68. The Balaban J connectivity index is 1.37. The molecule has 1 aliphatic carbocycles. The molecule has 38 heavy (non-hydrogen) atoms. The van der Waals surface area contributed by atoms with Gasteiger partial charge in [-0.15, -0.1) is 5.10 Å². The standard InChI is InChI=1S/C29H35N7O2/c1-19-16-21-18-25(29(37)30-26(21)17-20(19)2)27(28-31-32-33-36(28)23-6-4-5-7-23)35-14-12-34(13-15-35)22-8-10-24(38-3)11-9-22/h8-11,16-18,23,27H,4-7,12-15H2,1-3H3,(H,30,37). The third kappa shape index (κ3) is 4.55. The van der Waals surface area contributed by atoms with Crippen LogP contribution in [-0.2, 0) is 0 Å². The number of benzene rings is 2. The highest BCUT2D eigenvalue weighted by Crippen LogP contribution is 2.34. The number of ether oxygens (including phenoxy) is 1. The van der Waals surface area contributed by atoms with E-state index in [2.05, 4.69) is 74.5 Å². The summed E-state index contributed by atoms with van der Waals surface area (Å²) >= 11 is 0. The SMILES string of the molecule is COc1ccc(N2CCN(C(c3cc4cc(C)c(C)cc4[nH]c3=O)c3nnnn3C3CCCC3)CC2)cc1. The Kier molecular flexibility index (Phi) is 6.61. The van der Waals surface area contributed by atoms with Crippen molar-refractivity contribution in [2.45, 2.75) is 51.6 Å². The van der Waals surface area contributed by atoms with Crippen LogP contribution >= 0.6 is 0 Å². The number of aryl methyl sites for hydroxylation is 2. The zero-order chi connectivity index (χ0) is 26.2. The summed E-state index contributed by atoms with van der Waals surface area (Å²) in [5, 5.41) is 14.1. The molecule has 2 aromatic heterocycles. The molecule has 1 N–H and O–H groups in total. The average Bonchev–Trinajstić information content (AvgIpc) is 3.63. The van der Waals surface area contributed by atoms with Gasteiger partial charge in [-0.05, 0) is 96.1 Å². The van der Waals surface area contributed by atoms with Crippen molar-refractivity contribution < 1.29 is 4.74 Å². The first-order chi connectivity index (χ1) is 18.5. The van der Waals surface area contributed by atoms with Gasteiger partial charge in [-0.2, -0.15) is 0 Å². The molecule has 1 unspecified atom stereocenters. The van der Waals surface area contributed by atoms with Crippen LogP contribution in [0.25, 0.3) is 10.9 Å². The van der Waals surface area contributed by atoms with Crippen molar-refractivity contribution in [2.75, 3.05) is 38.2 Å². The molecule has 9 heteroatoms. The maximum absolute atomic E-state index is 13.6. The third-order valence-electron chi connectivity index (χ3n) is 8.33. The fourth-order valence-corrected chi connectivity index (χ4v) is 6.02. The maximum atomic E-state index is 13.6. The van der Waals surface area contributed by atoms with Gasteiger partial charge in [0.2, 0.25) is 0 Å². The van der Waals surface area contributed by atoms with E-state index >= 15 is 0 Å². The molecule has 4 aromatic rings. The number of aromatic amines is 1. The van der Waals surface area contributed by atoms with Gasteiger partial charge in [0.1, 0.15) is 11.8 Å². The minimum absolute atomic E-state index is 0.0793. The highest BCUT2D eigenvalue weighted by Gasteiger charge is 2.34. The monoisotopic (exact) mass is 513 g/mol. The number of nitrogens with one attached hydrogen (secondary N) is 1. The third-order valence-corrected chi connectivity index (χ3v) is 8.33. The van der Waals surface area contributed by atoms with Crippen molar-refractivity contribution in [3.8, 4) is 5.75 Å². The first kappa shape index (κ1) is 24.6. The molecule has 1 saturated heterocycles. The lowest BCUT2D eigenvalue weighted by molar-refractivity contribution is 0.197. The Bertz CT molecular complexity index is 1480. The minimum atomic E-state index is -0.321. The Morgan fingerprint density at radius 1 is 0.974 bits per heavy atom. The molecular formula is C29H35N7O2. The number of anilines is 1. The van der Waals surface area contributed by atoms with Crippen LogP contribution in [0.1, 0.15) is 60.3 Å². The lowest BCUT2D eigenvalue weighted by Gasteiger charge is -2.39. The number of methoxy groups -OCH3 is 1. The summed E-state index contributed by atoms with van der Waals surface area (Å²) in [6, 6.07) is 14.4. The second-order valence-corrected chi connectivity index (χ2v) is 10.6. The number of nitrogens with zero attached hydrogens (tertiary/aromatic N) is 6. The van der Waals surface area contributed by atoms with E-state index in [-0.39, 0.29) is 17.6 Å². The largest absolute Gasteiger partial charge is 0.497 e. The Labute approximate surface area is 222 Å². The van der Waals surface area contributed by atoms with E-state index in [0.717, 1.165) is 67.1 Å². The second-order valence-electron chi connectivity index (χ2n) is 10.6. The van der Waals surface area contributed by atoms with Gasteiger partial charge >= 0.3 is 0 Å². The van der Waals surface area contributed by atoms with E-state index < -0.39 is 0 Å². The fourth-order valence-electron chi connectivity index (χ4n) is 6.02. The quantitative estimate of drug-likeness (QED) is 0.414. The van der Waals surface area contributed by atoms with Gasteiger partial charge in [0.05, 0.1) is 13.2 Å². The number of pyridine rings is 1. The molecule has 9 nitrogen and oxygen atoms in total. The smallest absolute Gasteiger partial charge is 0.253 e. The van der Waals surface area contributed by atoms with E-state index in [9.17, 15) is 4.79 Å². The molecule has 2 aromatic carbocycles. The number of piperazine rings is 1. The van der Waals surface area contributed by atoms with Crippen molar-refractivity contribution >= 4 is 16.6 Å². The van der Waals surface area contributed by atoms with Gasteiger partial charge in [0, 0.05) is 42.9 Å². The first-order valence-electron chi connectivity index (χ1n) is 13.6. The molecule has 6 rings (SSSR count). The molecule has 0 spiro atoms. The van der Waals surface area contributed by atoms with Gasteiger partial charge in [-0.1, -0.05) is 12.8 Å². The Morgan fingerprint density at radius 3 is 2.39 bits per heavy atom. The zero-order valence-electron chi connectivity index (χ0n) is 22.4. The number of tetrazole rings is 1. The van der Waals surface area contributed by atoms with Crippen LogP contribution in [0.15, 0.2) is 47.3 Å². The summed E-state index contributed by atoms with van der Waals surface area (Å²) in [6.07, 6.45) is 4.51. The van der Waals surface area contributed by atoms with Gasteiger partial charge in [-0.3, -0.25) is 9.69 Å². The van der Waals surface area contributed by atoms with E-state index in [4.69, 9.17) is 4.74 Å². The van der Waals surface area contributed by atoms with Crippen molar-refractivity contribution in [1.29, 1.82) is 0 Å². The maximum Gasteiger partial charge on any atom is 0.253 e. The van der Waals surface area contributed by atoms with E-state index in [0.29, 0.717) is 5.56 Å². The van der Waals surface area contributed by atoms with Crippen LogP contribution in [0.5, 0.6) is 5.75 Å². The normalized spacial score (nSPS) is 17.8. The molecule has 0 amide bonds. The summed E-state index contributed by atoms with van der Waals surface area (Å²) in [5.41, 5.74) is 5.03. The lowest BCUT2D eigenvalue weighted by atomic mass is 10.00. The van der Waals surface area contributed by atoms with Crippen molar-refractivity contribution in [2.24, 2.45) is 0 Å². The molecular weight excluding hydrogens is 478 g/mol. The molecule has 198 valence electrons. The highest BCUT2D eigenvalue weighted by atomic mass is 16.5. The minimum Gasteiger partial charge on any atom is -0.497 e. The van der Waals surface area contributed by atoms with E-state index in [1.165, 1.54) is 24.1 Å². The lowest BCUT2D eigenvalue weighted by Crippen LogP contribution is -2.49. The van der Waals surface area contributed by atoms with Crippen LogP contribution in [0.4, 0.5) is 5.69 Å². The van der Waals surface area contributed by atoms with Crippen LogP contribution in [-0.4, -0.2) is 63.4 Å². The molecule has 2 fully saturated rings. The summed E-state index contributed by atoms with van der Waals surface area (Å²) in [6.45, 7) is 7.45. The van der Waals surface area contributed by atoms with Gasteiger partial charge in [0.25, 0.3) is 5.56 Å². The molecule has 0 bridgehead atoms. The van der Waals surface area contributed by atoms with Gasteiger partial charge in [0.15, 0.2) is 5.82 Å². The van der Waals surface area contributed by atoms with Crippen molar-refractivity contribution in [1.82, 2.24) is 30.1 Å². The predicted octanol–water partition coefficient (Wildman–Crippen LogP) is 4.17. The van der Waals surface area contributed by atoms with Crippen LogP contribution in [0.2, 0.25) is 0 Å². The molecule has 1 atom stereocenters. The molecule has 3 heterocycles. The van der Waals surface area contributed by atoms with Crippen molar-refractivity contribution in [3.63, 3.8) is 0 Å². The number of H-pyrrole nitrogens is 1. The number of aromatic nitrogens is 5. The van der Waals surface area contributed by atoms with Crippen molar-refractivity contribution in [3.05, 3.63) is 75.3 Å². The van der Waals surface area contributed by atoms with E-state index in [1.54, 1.807) is 7.11 Å². The number of hydrogen-bond donors (Lipinski definition) is 1. The molecule has 1 aliphatic heterocycles. The fraction of sp³-hybridized carbons (Fsp3) is 0.448. The Hall–Kier alpha value is -3.72. The number of rotatable bonds is 6. The highest BCUT2D eigenvalue weighted by molar-refractivity contribution is 5.81. The molecule has 1 saturated carbocycles. The summed E-state index contributed by atoms with van der Waals surface area (Å²) in [5.74, 6) is 1.62. The van der Waals surface area contributed by atoms with Gasteiger partial charge in [-0.25, -0.2) is 4.68 Å². The second kappa shape index (κ2) is 10.2. The number of fused-ring (bicyclic) bond motifs is 1. The first-order valence-corrected chi connectivity index (χ1v) is 13.6. The summed E-state index contributed by atoms with van der Waals surface area (Å²) in [4.78, 5) is 21.5. The van der Waals surface area contributed by atoms with Crippen LogP contribution in [0.3, 0.4) is 0 Å². The molecule has 2 aliphatic rings. The van der Waals surface area contributed by atoms with Crippen LogP contribution in [0, 0.1) is 13.8 Å². The number of hydrogen-bond acceptors (Lipinski definition) is 7. The average molecular weight is 514 g/mol.